The van der Waals surface area contributed by atoms with Gasteiger partial charge in [-0.05, 0) is 74.9 Å². The molecule has 0 unspecified atom stereocenters. The Morgan fingerprint density at radius 1 is 0.975 bits per heavy atom. The molecule has 3 aromatic carbocycles. The predicted molar refractivity (Wildman–Crippen MR) is 157 cm³/mol. The molecule has 2 amide bonds. The van der Waals surface area contributed by atoms with Gasteiger partial charge < -0.3 is 19.7 Å². The maximum Gasteiger partial charge on any atom is 0.413 e. The van der Waals surface area contributed by atoms with Crippen molar-refractivity contribution in [1.82, 2.24) is 15.2 Å². The van der Waals surface area contributed by atoms with Crippen molar-refractivity contribution in [2.75, 3.05) is 0 Å². The Morgan fingerprint density at radius 3 is 2.45 bits per heavy atom. The van der Waals surface area contributed by atoms with Crippen molar-refractivity contribution in [3.63, 3.8) is 0 Å². The monoisotopic (exact) mass is 540 g/mol. The summed E-state index contributed by atoms with van der Waals surface area (Å²) in [6.45, 7) is 5.76. The van der Waals surface area contributed by atoms with Gasteiger partial charge in [0.15, 0.2) is 0 Å². The molecule has 1 aliphatic rings. The van der Waals surface area contributed by atoms with Gasteiger partial charge in [-0.3, -0.25) is 15.5 Å². The lowest BCUT2D eigenvalue weighted by atomic mass is 9.93. The van der Waals surface area contributed by atoms with E-state index in [1.165, 1.54) is 0 Å². The minimum Gasteiger partial charge on any atom is -0.444 e. The van der Waals surface area contributed by atoms with Gasteiger partial charge in [-0.25, -0.2) is 4.79 Å². The van der Waals surface area contributed by atoms with Crippen LogP contribution in [0.4, 0.5) is 4.79 Å². The number of nitrogens with one attached hydrogen (secondary N) is 3. The van der Waals surface area contributed by atoms with Crippen LogP contribution in [-0.4, -0.2) is 45.3 Å². The smallest absolute Gasteiger partial charge is 0.413 e. The van der Waals surface area contributed by atoms with Crippen molar-refractivity contribution in [2.45, 2.75) is 70.7 Å². The number of nitrogens with zero attached hydrogens (tertiary/aromatic N) is 1. The molecule has 0 bridgehead atoms. The maximum atomic E-state index is 13.6. The second-order valence-corrected chi connectivity index (χ2v) is 11.5. The first-order chi connectivity index (χ1) is 19.1. The van der Waals surface area contributed by atoms with Gasteiger partial charge in [0.1, 0.15) is 17.1 Å². The van der Waals surface area contributed by atoms with Gasteiger partial charge in [0, 0.05) is 29.1 Å². The number of hydrogen-bond acceptors (Lipinski definition) is 5. The molecule has 0 atom stereocenters. The summed E-state index contributed by atoms with van der Waals surface area (Å²) in [4.78, 5) is 25.9. The number of amides is 2. The third-order valence-corrected chi connectivity index (χ3v) is 7.29. The zero-order valence-electron chi connectivity index (χ0n) is 23.2. The maximum absolute atomic E-state index is 13.6. The lowest BCUT2D eigenvalue weighted by Gasteiger charge is -2.26. The first-order valence-corrected chi connectivity index (χ1v) is 13.8. The van der Waals surface area contributed by atoms with Crippen LogP contribution in [0.1, 0.15) is 68.1 Å². The lowest BCUT2D eigenvalue weighted by Crippen LogP contribution is -2.39. The predicted octanol–water partition coefficient (Wildman–Crippen LogP) is 5.73. The number of fused-ring (bicyclic) bond motifs is 2. The van der Waals surface area contributed by atoms with Crippen molar-refractivity contribution < 1.29 is 19.4 Å². The second kappa shape index (κ2) is 11.1. The van der Waals surface area contributed by atoms with E-state index in [-0.39, 0.29) is 23.9 Å². The van der Waals surface area contributed by atoms with Crippen molar-refractivity contribution in [1.29, 1.82) is 5.41 Å². The number of amidine groups is 1. The highest BCUT2D eigenvalue weighted by molar-refractivity contribution is 6.07. The zero-order chi connectivity index (χ0) is 28.4. The van der Waals surface area contributed by atoms with Gasteiger partial charge in [-0.2, -0.15) is 0 Å². The van der Waals surface area contributed by atoms with Crippen LogP contribution in [0.3, 0.4) is 0 Å². The first-order valence-electron chi connectivity index (χ1n) is 13.8. The molecule has 5 rings (SSSR count). The zero-order valence-corrected chi connectivity index (χ0v) is 23.2. The van der Waals surface area contributed by atoms with E-state index in [0.717, 1.165) is 40.1 Å². The SMILES string of the molecule is CC(C)(C)OC(=O)NC(=N)c1ccc2cc(C(=O)N[C@H]3CC[C@H](O)CC3)n(Cc3cccc4ccccc34)c2c1. The number of aliphatic hydroxyl groups is 1. The van der Waals surface area contributed by atoms with Crippen LogP contribution in [0.2, 0.25) is 0 Å². The van der Waals surface area contributed by atoms with Crippen LogP contribution < -0.4 is 10.6 Å². The number of benzene rings is 3. The molecule has 1 aliphatic carbocycles. The Balaban J connectivity index is 1.51. The number of aliphatic hydroxyl groups excluding tert-OH is 1. The molecule has 0 saturated heterocycles. The van der Waals surface area contributed by atoms with E-state index >= 15 is 0 Å². The molecular weight excluding hydrogens is 504 g/mol. The van der Waals surface area contributed by atoms with Crippen molar-refractivity contribution in [3.8, 4) is 0 Å². The van der Waals surface area contributed by atoms with E-state index in [4.69, 9.17) is 10.1 Å². The molecular formula is C32H36N4O4. The summed E-state index contributed by atoms with van der Waals surface area (Å²) in [7, 11) is 0. The quantitative estimate of drug-likeness (QED) is 0.191. The molecule has 208 valence electrons. The molecule has 0 radical (unpaired) electrons. The first kappa shape index (κ1) is 27.4. The summed E-state index contributed by atoms with van der Waals surface area (Å²) in [6, 6.07) is 21.7. The van der Waals surface area contributed by atoms with Gasteiger partial charge in [-0.1, -0.05) is 54.6 Å². The minimum absolute atomic E-state index is 0.0154. The number of carbonyl (C=O) groups excluding carboxylic acids is 2. The van der Waals surface area contributed by atoms with E-state index in [2.05, 4.69) is 34.9 Å². The van der Waals surface area contributed by atoms with Gasteiger partial charge >= 0.3 is 6.09 Å². The average Bonchev–Trinajstić information content (AvgIpc) is 3.27. The topological polar surface area (TPSA) is 116 Å². The Bertz CT molecular complexity index is 1570. The summed E-state index contributed by atoms with van der Waals surface area (Å²) >= 11 is 0. The van der Waals surface area contributed by atoms with Crippen LogP contribution in [-0.2, 0) is 11.3 Å². The number of ether oxygens (including phenoxy) is 1. The fourth-order valence-electron chi connectivity index (χ4n) is 5.33. The molecule has 1 heterocycles. The molecule has 40 heavy (non-hydrogen) atoms. The molecule has 4 N–H and O–H groups in total. The van der Waals surface area contributed by atoms with Crippen molar-refractivity contribution >= 4 is 39.5 Å². The number of alkyl carbamates (subject to hydrolysis) is 1. The highest BCUT2D eigenvalue weighted by Gasteiger charge is 2.24. The number of aromatic nitrogens is 1. The second-order valence-electron chi connectivity index (χ2n) is 11.5. The molecule has 0 aliphatic heterocycles. The molecule has 1 saturated carbocycles. The third-order valence-electron chi connectivity index (χ3n) is 7.29. The van der Waals surface area contributed by atoms with Crippen molar-refractivity contribution in [3.05, 3.63) is 83.6 Å². The van der Waals surface area contributed by atoms with Crippen LogP contribution in [0.5, 0.6) is 0 Å². The largest absolute Gasteiger partial charge is 0.444 e. The Hall–Kier alpha value is -4.17. The number of rotatable bonds is 5. The number of hydrogen-bond donors (Lipinski definition) is 4. The molecule has 1 aromatic heterocycles. The molecule has 4 aromatic rings. The van der Waals surface area contributed by atoms with Crippen LogP contribution in [0.25, 0.3) is 21.7 Å². The summed E-state index contributed by atoms with van der Waals surface area (Å²) in [6.07, 6.45) is 1.86. The van der Waals surface area contributed by atoms with Gasteiger partial charge in [0.05, 0.1) is 6.10 Å². The highest BCUT2D eigenvalue weighted by atomic mass is 16.6. The van der Waals surface area contributed by atoms with Crippen LogP contribution >= 0.6 is 0 Å². The lowest BCUT2D eigenvalue weighted by molar-refractivity contribution is 0.0563. The average molecular weight is 541 g/mol. The van der Waals surface area contributed by atoms with E-state index in [1.54, 1.807) is 26.8 Å². The Morgan fingerprint density at radius 2 is 1.70 bits per heavy atom. The van der Waals surface area contributed by atoms with E-state index < -0.39 is 11.7 Å². The van der Waals surface area contributed by atoms with Crippen molar-refractivity contribution in [2.24, 2.45) is 0 Å². The fourth-order valence-corrected chi connectivity index (χ4v) is 5.33. The third kappa shape index (κ3) is 6.18. The molecule has 1 fully saturated rings. The van der Waals surface area contributed by atoms with E-state index in [1.807, 2.05) is 41.0 Å². The summed E-state index contributed by atoms with van der Waals surface area (Å²) in [5.41, 5.74) is 2.20. The summed E-state index contributed by atoms with van der Waals surface area (Å²) < 4.78 is 7.29. The minimum atomic E-state index is -0.693. The normalized spacial score (nSPS) is 17.5. The Labute approximate surface area is 233 Å². The molecule has 8 nitrogen and oxygen atoms in total. The fraction of sp³-hybridized carbons (Fsp3) is 0.344. The number of carbonyl (C=O) groups is 2. The van der Waals surface area contributed by atoms with Gasteiger partial charge in [0.2, 0.25) is 0 Å². The highest BCUT2D eigenvalue weighted by Crippen LogP contribution is 2.27. The van der Waals surface area contributed by atoms with E-state index in [9.17, 15) is 14.7 Å². The van der Waals surface area contributed by atoms with Gasteiger partial charge in [0.25, 0.3) is 5.91 Å². The van der Waals surface area contributed by atoms with E-state index in [0.29, 0.717) is 30.6 Å². The Kier molecular flexibility index (Phi) is 7.63. The molecule has 8 heteroatoms. The van der Waals surface area contributed by atoms with Gasteiger partial charge in [-0.15, -0.1) is 0 Å². The van der Waals surface area contributed by atoms with Crippen LogP contribution in [0, 0.1) is 5.41 Å². The summed E-state index contributed by atoms with van der Waals surface area (Å²) in [5.74, 6) is -0.248. The molecule has 0 spiro atoms. The van der Waals surface area contributed by atoms with Crippen LogP contribution in [0.15, 0.2) is 66.7 Å². The summed E-state index contributed by atoms with van der Waals surface area (Å²) in [5, 5.41) is 27.2. The standard InChI is InChI=1S/C32H36N4O4/c1-32(2,3)40-31(39)35-29(33)22-12-11-21-17-28(30(38)34-24-13-15-25(37)16-14-24)36(27(21)18-22)19-23-9-6-8-20-7-4-5-10-26(20)23/h4-12,17-18,24-25,37H,13-16,19H2,1-3H3,(H,34,38)(H2,33,35,39)/t24-,25-.